The average Bonchev–Trinajstić information content (AvgIpc) is 2.73. The van der Waals surface area contributed by atoms with E-state index in [1.807, 2.05) is 60.7 Å². The lowest BCUT2D eigenvalue weighted by molar-refractivity contribution is 0.181. The number of hydrogen-bond acceptors (Lipinski definition) is 4. The summed E-state index contributed by atoms with van der Waals surface area (Å²) in [6.07, 6.45) is 2.33. The number of benzene rings is 3. The van der Waals surface area contributed by atoms with E-state index in [-0.39, 0.29) is 19.0 Å². The van der Waals surface area contributed by atoms with Crippen LogP contribution in [-0.4, -0.2) is 17.3 Å². The summed E-state index contributed by atoms with van der Waals surface area (Å²) >= 11 is 0. The van der Waals surface area contributed by atoms with Gasteiger partial charge in [-0.3, -0.25) is 0 Å². The second-order valence-corrected chi connectivity index (χ2v) is 7.48. The molecule has 4 nitrogen and oxygen atoms in total. The lowest BCUT2D eigenvalue weighted by atomic mass is 9.79. The standard InChI is InChI=1S/C24H25NO3.ClH/c25-24(17-26)12-11-19-13-23(10-9-20(19)15-24)28-22-8-4-7-21(14-22)27-16-18-5-2-1-3-6-18;/h1-10,13-14,26H,11-12,15-17,25H2;1H. The highest BCUT2D eigenvalue weighted by molar-refractivity contribution is 5.85. The zero-order valence-electron chi connectivity index (χ0n) is 16.2. The third-order valence-electron chi connectivity index (χ3n) is 5.22. The quantitative estimate of drug-likeness (QED) is 0.619. The third-order valence-corrected chi connectivity index (χ3v) is 5.22. The monoisotopic (exact) mass is 411 g/mol. The maximum atomic E-state index is 9.51. The zero-order valence-corrected chi connectivity index (χ0v) is 17.0. The van der Waals surface area contributed by atoms with E-state index in [1.165, 1.54) is 11.1 Å². The van der Waals surface area contributed by atoms with Crippen molar-refractivity contribution in [3.8, 4) is 17.2 Å². The summed E-state index contributed by atoms with van der Waals surface area (Å²) < 4.78 is 11.9. The Hall–Kier alpha value is -2.53. The molecule has 1 aliphatic carbocycles. The molecule has 0 bridgehead atoms. The Bertz CT molecular complexity index is 948. The van der Waals surface area contributed by atoms with E-state index in [0.717, 1.165) is 35.7 Å². The second kappa shape index (κ2) is 9.31. The van der Waals surface area contributed by atoms with Gasteiger partial charge in [0.25, 0.3) is 0 Å². The molecular weight excluding hydrogens is 386 g/mol. The number of aliphatic hydroxyl groups is 1. The van der Waals surface area contributed by atoms with Crippen LogP contribution in [0.3, 0.4) is 0 Å². The van der Waals surface area contributed by atoms with E-state index < -0.39 is 5.54 Å². The molecule has 1 unspecified atom stereocenters. The Morgan fingerprint density at radius 1 is 0.862 bits per heavy atom. The Kier molecular flexibility index (Phi) is 6.80. The van der Waals surface area contributed by atoms with Crippen LogP contribution in [0, 0.1) is 0 Å². The molecule has 5 heteroatoms. The molecule has 0 saturated carbocycles. The van der Waals surface area contributed by atoms with Gasteiger partial charge in [0.2, 0.25) is 0 Å². The minimum absolute atomic E-state index is 0. The fourth-order valence-corrected chi connectivity index (χ4v) is 3.56. The number of aliphatic hydroxyl groups excluding tert-OH is 1. The van der Waals surface area contributed by atoms with Gasteiger partial charge >= 0.3 is 0 Å². The predicted octanol–water partition coefficient (Wildman–Crippen LogP) is 4.66. The zero-order chi connectivity index (χ0) is 19.4. The summed E-state index contributed by atoms with van der Waals surface area (Å²) in [6, 6.07) is 23.8. The van der Waals surface area contributed by atoms with Crippen LogP contribution in [0.2, 0.25) is 0 Å². The SMILES string of the molecule is Cl.NC1(CO)CCc2cc(Oc3cccc(OCc4ccccc4)c3)ccc2C1. The van der Waals surface area contributed by atoms with Gasteiger partial charge in [-0.05, 0) is 60.2 Å². The van der Waals surface area contributed by atoms with Crippen molar-refractivity contribution in [3.63, 3.8) is 0 Å². The van der Waals surface area contributed by atoms with Gasteiger partial charge in [0.05, 0.1) is 6.61 Å². The molecule has 3 aromatic rings. The Labute approximate surface area is 177 Å². The van der Waals surface area contributed by atoms with Gasteiger partial charge in [0, 0.05) is 11.6 Å². The van der Waals surface area contributed by atoms with Crippen molar-refractivity contribution in [1.29, 1.82) is 0 Å². The first-order chi connectivity index (χ1) is 13.6. The summed E-state index contributed by atoms with van der Waals surface area (Å²) in [7, 11) is 0. The number of rotatable bonds is 6. The first kappa shape index (κ1) is 21.2. The number of ether oxygens (including phenoxy) is 2. The topological polar surface area (TPSA) is 64.7 Å². The average molecular weight is 412 g/mol. The fourth-order valence-electron chi connectivity index (χ4n) is 3.56. The van der Waals surface area contributed by atoms with Crippen LogP contribution >= 0.6 is 12.4 Å². The van der Waals surface area contributed by atoms with Crippen molar-refractivity contribution < 1.29 is 14.6 Å². The van der Waals surface area contributed by atoms with E-state index >= 15 is 0 Å². The van der Waals surface area contributed by atoms with Gasteiger partial charge in [0.1, 0.15) is 23.9 Å². The fraction of sp³-hybridized carbons (Fsp3) is 0.250. The predicted molar refractivity (Wildman–Crippen MR) is 117 cm³/mol. The molecule has 1 atom stereocenters. The third kappa shape index (κ3) is 5.30. The van der Waals surface area contributed by atoms with Crippen molar-refractivity contribution in [2.75, 3.05) is 6.61 Å². The van der Waals surface area contributed by atoms with Crippen molar-refractivity contribution >= 4 is 12.4 Å². The molecule has 3 aromatic carbocycles. The molecular formula is C24H26ClNO3. The minimum Gasteiger partial charge on any atom is -0.489 e. The highest BCUT2D eigenvalue weighted by Crippen LogP contribution is 2.32. The first-order valence-electron chi connectivity index (χ1n) is 9.60. The van der Waals surface area contributed by atoms with Crippen LogP contribution < -0.4 is 15.2 Å². The lowest BCUT2D eigenvalue weighted by Gasteiger charge is -2.33. The van der Waals surface area contributed by atoms with Crippen molar-refractivity contribution in [1.82, 2.24) is 0 Å². The van der Waals surface area contributed by atoms with E-state index in [4.69, 9.17) is 15.2 Å². The highest BCUT2D eigenvalue weighted by atomic mass is 35.5. The number of aryl methyl sites for hydroxylation is 1. The lowest BCUT2D eigenvalue weighted by Crippen LogP contribution is -2.48. The molecule has 3 N–H and O–H groups in total. The van der Waals surface area contributed by atoms with Gasteiger partial charge in [-0.2, -0.15) is 0 Å². The van der Waals surface area contributed by atoms with E-state index in [0.29, 0.717) is 13.0 Å². The Morgan fingerprint density at radius 2 is 1.62 bits per heavy atom. The van der Waals surface area contributed by atoms with Gasteiger partial charge in [0.15, 0.2) is 0 Å². The van der Waals surface area contributed by atoms with Gasteiger partial charge in [-0.1, -0.05) is 42.5 Å². The molecule has 0 aliphatic heterocycles. The summed E-state index contributed by atoms with van der Waals surface area (Å²) in [5.74, 6) is 2.31. The van der Waals surface area contributed by atoms with Crippen LogP contribution in [0.5, 0.6) is 17.2 Å². The molecule has 0 radical (unpaired) electrons. The van der Waals surface area contributed by atoms with Gasteiger partial charge < -0.3 is 20.3 Å². The minimum atomic E-state index is -0.500. The maximum absolute atomic E-state index is 9.51. The molecule has 152 valence electrons. The number of fused-ring (bicyclic) bond motifs is 1. The van der Waals surface area contributed by atoms with E-state index in [2.05, 4.69) is 12.1 Å². The van der Waals surface area contributed by atoms with Crippen LogP contribution in [0.25, 0.3) is 0 Å². The molecule has 0 aromatic heterocycles. The smallest absolute Gasteiger partial charge is 0.131 e. The summed E-state index contributed by atoms with van der Waals surface area (Å²) in [5.41, 5.74) is 9.28. The molecule has 29 heavy (non-hydrogen) atoms. The van der Waals surface area contributed by atoms with Crippen molar-refractivity contribution in [3.05, 3.63) is 89.5 Å². The van der Waals surface area contributed by atoms with Crippen molar-refractivity contribution in [2.24, 2.45) is 5.73 Å². The molecule has 4 rings (SSSR count). The number of halogens is 1. The molecule has 0 saturated heterocycles. The Morgan fingerprint density at radius 3 is 2.41 bits per heavy atom. The summed E-state index contributed by atoms with van der Waals surface area (Å²) in [4.78, 5) is 0. The maximum Gasteiger partial charge on any atom is 0.131 e. The van der Waals surface area contributed by atoms with Gasteiger partial charge in [-0.15, -0.1) is 12.4 Å². The Balaban J connectivity index is 0.00000240. The van der Waals surface area contributed by atoms with E-state index in [1.54, 1.807) is 0 Å². The highest BCUT2D eigenvalue weighted by Gasteiger charge is 2.29. The van der Waals surface area contributed by atoms with Crippen LogP contribution in [-0.2, 0) is 19.4 Å². The largest absolute Gasteiger partial charge is 0.489 e. The normalized spacial score (nSPS) is 17.7. The van der Waals surface area contributed by atoms with Gasteiger partial charge in [-0.25, -0.2) is 0 Å². The number of hydrogen-bond donors (Lipinski definition) is 2. The van der Waals surface area contributed by atoms with Crippen molar-refractivity contribution in [2.45, 2.75) is 31.4 Å². The van der Waals surface area contributed by atoms with Crippen LogP contribution in [0.1, 0.15) is 23.1 Å². The van der Waals surface area contributed by atoms with Crippen LogP contribution in [0.4, 0.5) is 0 Å². The van der Waals surface area contributed by atoms with E-state index in [9.17, 15) is 5.11 Å². The summed E-state index contributed by atoms with van der Waals surface area (Å²) in [5, 5.41) is 9.51. The second-order valence-electron chi connectivity index (χ2n) is 7.48. The summed E-state index contributed by atoms with van der Waals surface area (Å²) in [6.45, 7) is 0.537. The molecule has 1 aliphatic rings. The molecule has 0 amide bonds. The first-order valence-corrected chi connectivity index (χ1v) is 9.60. The van der Waals surface area contributed by atoms with Crippen LogP contribution in [0.15, 0.2) is 72.8 Å². The molecule has 0 heterocycles. The molecule has 0 fully saturated rings. The molecule has 0 spiro atoms. The number of nitrogens with two attached hydrogens (primary N) is 1.